The van der Waals surface area contributed by atoms with Crippen LogP contribution < -0.4 is 15.1 Å². The third-order valence-electron chi connectivity index (χ3n) is 5.48. The van der Waals surface area contributed by atoms with Gasteiger partial charge in [0.2, 0.25) is 5.88 Å². The van der Waals surface area contributed by atoms with Crippen molar-refractivity contribution in [3.8, 4) is 17.1 Å². The molecule has 1 unspecified atom stereocenters. The number of pyridine rings is 1. The van der Waals surface area contributed by atoms with Gasteiger partial charge in [-0.2, -0.15) is 23.3 Å². The van der Waals surface area contributed by atoms with Crippen LogP contribution in [0, 0.1) is 0 Å². The van der Waals surface area contributed by atoms with Crippen molar-refractivity contribution < 1.29 is 27.5 Å². The highest BCUT2D eigenvalue weighted by Gasteiger charge is 2.47. The van der Waals surface area contributed by atoms with Gasteiger partial charge in [-0.05, 0) is 12.1 Å². The number of methoxy groups -OCH3 is 1. The highest BCUT2D eigenvalue weighted by atomic mass is 35.5. The first-order valence-corrected chi connectivity index (χ1v) is 11.4. The average molecular weight is 544 g/mol. The molecule has 0 bridgehead atoms. The second-order valence-corrected chi connectivity index (χ2v) is 9.85. The fourth-order valence-corrected chi connectivity index (χ4v) is 4.60. The predicted molar refractivity (Wildman–Crippen MR) is 129 cm³/mol. The molecule has 0 amide bonds. The van der Waals surface area contributed by atoms with E-state index in [1.165, 1.54) is 17.9 Å². The lowest BCUT2D eigenvalue weighted by Gasteiger charge is -2.26. The molecule has 2 aromatic heterocycles. The summed E-state index contributed by atoms with van der Waals surface area (Å²) in [5, 5.41) is 8.86. The smallest absolute Gasteiger partial charge is 0.479 e. The van der Waals surface area contributed by atoms with Crippen molar-refractivity contribution in [2.24, 2.45) is 7.05 Å². The van der Waals surface area contributed by atoms with Crippen LogP contribution in [0.1, 0.15) is 38.3 Å². The molecule has 0 radical (unpaired) electrons. The fraction of sp³-hybridized carbons (Fsp3) is 0.348. The summed E-state index contributed by atoms with van der Waals surface area (Å²) in [6, 6.07) is 8.24. The Balaban J connectivity index is 1.92. The number of carbonyl (C=O) groups is 1. The molecule has 4 rings (SSSR count). The fourth-order valence-electron chi connectivity index (χ4n) is 3.82. The molecule has 0 saturated heterocycles. The molecule has 13 heteroatoms. The van der Waals surface area contributed by atoms with Gasteiger partial charge in [-0.25, -0.2) is 9.78 Å². The Morgan fingerprint density at radius 1 is 1.17 bits per heavy atom. The SMILES string of the molecule is COc1nc(-c2ccccc2Cl)cc2c1NC(c1c(Cl)c(C(C)(C)C)nn1C)N2OC(=O)C(F)(F)F. The molecule has 1 atom stereocenters. The van der Waals surface area contributed by atoms with Crippen molar-refractivity contribution in [3.63, 3.8) is 0 Å². The van der Waals surface area contributed by atoms with Gasteiger partial charge in [-0.15, -0.1) is 0 Å². The first-order chi connectivity index (χ1) is 16.7. The number of rotatable bonds is 4. The minimum atomic E-state index is -5.25. The van der Waals surface area contributed by atoms with Gasteiger partial charge in [0, 0.05) is 23.0 Å². The molecule has 0 aliphatic carbocycles. The zero-order chi connectivity index (χ0) is 26.6. The van der Waals surface area contributed by atoms with E-state index in [4.69, 9.17) is 32.8 Å². The number of fused-ring (bicyclic) bond motifs is 1. The number of carbonyl (C=O) groups excluding carboxylic acids is 1. The number of anilines is 2. The van der Waals surface area contributed by atoms with Crippen molar-refractivity contribution >= 4 is 40.5 Å². The van der Waals surface area contributed by atoms with E-state index in [1.54, 1.807) is 31.3 Å². The molecule has 8 nitrogen and oxygen atoms in total. The Hall–Kier alpha value is -3.18. The molecule has 1 aliphatic rings. The van der Waals surface area contributed by atoms with Crippen LogP contribution in [-0.2, 0) is 22.1 Å². The van der Waals surface area contributed by atoms with Crippen molar-refractivity contribution in [1.82, 2.24) is 14.8 Å². The lowest BCUT2D eigenvalue weighted by atomic mass is 9.92. The van der Waals surface area contributed by atoms with Crippen LogP contribution in [0.2, 0.25) is 10.0 Å². The van der Waals surface area contributed by atoms with Gasteiger partial charge >= 0.3 is 12.1 Å². The van der Waals surface area contributed by atoms with Crippen LogP contribution in [-0.4, -0.2) is 34.0 Å². The largest absolute Gasteiger partial charge is 0.493 e. The lowest BCUT2D eigenvalue weighted by molar-refractivity contribution is -0.201. The monoisotopic (exact) mass is 543 g/mol. The number of aromatic nitrogens is 3. The lowest BCUT2D eigenvalue weighted by Crippen LogP contribution is -2.37. The first kappa shape index (κ1) is 25.9. The first-order valence-electron chi connectivity index (χ1n) is 10.7. The maximum atomic E-state index is 13.2. The molecule has 3 heterocycles. The second kappa shape index (κ2) is 9.04. The van der Waals surface area contributed by atoms with Crippen LogP contribution in [0.25, 0.3) is 11.3 Å². The molecule has 1 N–H and O–H groups in total. The number of halogens is 5. The second-order valence-electron chi connectivity index (χ2n) is 9.06. The summed E-state index contributed by atoms with van der Waals surface area (Å²) in [5.41, 5.74) is 1.37. The van der Waals surface area contributed by atoms with Gasteiger partial charge in [-0.1, -0.05) is 62.2 Å². The minimum absolute atomic E-state index is 0.0484. The number of hydrogen-bond acceptors (Lipinski definition) is 7. The number of benzene rings is 1. The number of nitrogens with one attached hydrogen (secondary N) is 1. The van der Waals surface area contributed by atoms with Crippen LogP contribution in [0.4, 0.5) is 24.5 Å². The van der Waals surface area contributed by atoms with Crippen LogP contribution in [0.15, 0.2) is 30.3 Å². The molecule has 1 aliphatic heterocycles. The zero-order valence-corrected chi connectivity index (χ0v) is 21.4. The molecule has 192 valence electrons. The van der Waals surface area contributed by atoms with E-state index < -0.39 is 23.7 Å². The topological polar surface area (TPSA) is 81.5 Å². The molecular weight excluding hydrogens is 522 g/mol. The van der Waals surface area contributed by atoms with E-state index in [0.717, 1.165) is 5.06 Å². The van der Waals surface area contributed by atoms with Crippen molar-refractivity contribution in [2.75, 3.05) is 17.5 Å². The van der Waals surface area contributed by atoms with Gasteiger partial charge < -0.3 is 14.9 Å². The van der Waals surface area contributed by atoms with E-state index in [9.17, 15) is 18.0 Å². The van der Waals surface area contributed by atoms with Gasteiger partial charge in [0.05, 0.1) is 23.5 Å². The van der Waals surface area contributed by atoms with Crippen molar-refractivity contribution in [1.29, 1.82) is 0 Å². The summed E-state index contributed by atoms with van der Waals surface area (Å²) in [6.45, 7) is 5.68. The molecule has 0 saturated carbocycles. The number of alkyl halides is 3. The Kier molecular flexibility index (Phi) is 6.50. The molecule has 36 heavy (non-hydrogen) atoms. The van der Waals surface area contributed by atoms with Gasteiger partial charge in [-0.3, -0.25) is 4.68 Å². The number of nitrogens with zero attached hydrogens (tertiary/aromatic N) is 4. The van der Waals surface area contributed by atoms with Crippen LogP contribution in [0.5, 0.6) is 5.88 Å². The van der Waals surface area contributed by atoms with E-state index in [0.29, 0.717) is 16.3 Å². The summed E-state index contributed by atoms with van der Waals surface area (Å²) >= 11 is 13.0. The standard InChI is InChI=1S/C23H22Cl2F3N5O3/c1-22(2,3)18-15(25)17(32(4)31-18)19-30-16-14(33(19)36-21(34)23(26,27)28)10-13(29-20(16)35-5)11-8-6-7-9-12(11)24/h6-10,19,30H,1-5H3. The molecular formula is C23H22Cl2F3N5O3. The maximum Gasteiger partial charge on any atom is 0.493 e. The number of hydroxylamine groups is 1. The number of hydrogen-bond donors (Lipinski definition) is 1. The van der Waals surface area contributed by atoms with Gasteiger partial charge in [0.15, 0.2) is 6.17 Å². The third-order valence-corrected chi connectivity index (χ3v) is 6.18. The Bertz CT molecular complexity index is 1340. The summed E-state index contributed by atoms with van der Waals surface area (Å²) in [7, 11) is 2.95. The quantitative estimate of drug-likeness (QED) is 0.429. The van der Waals surface area contributed by atoms with E-state index >= 15 is 0 Å². The Morgan fingerprint density at radius 3 is 2.39 bits per heavy atom. The van der Waals surface area contributed by atoms with Crippen molar-refractivity contribution in [2.45, 2.75) is 38.5 Å². The average Bonchev–Trinajstić information content (AvgIpc) is 3.28. The highest BCUT2D eigenvalue weighted by molar-refractivity contribution is 6.33. The predicted octanol–water partition coefficient (Wildman–Crippen LogP) is 6.05. The van der Waals surface area contributed by atoms with E-state index in [-0.39, 0.29) is 33.7 Å². The summed E-state index contributed by atoms with van der Waals surface area (Å²) < 4.78 is 46.6. The molecule has 0 spiro atoms. The summed E-state index contributed by atoms with van der Waals surface area (Å²) in [6.07, 6.45) is -6.42. The normalized spacial score (nSPS) is 15.5. The maximum absolute atomic E-state index is 13.2. The van der Waals surface area contributed by atoms with Crippen molar-refractivity contribution in [3.05, 3.63) is 51.8 Å². The third kappa shape index (κ3) is 4.53. The Labute approximate surface area is 214 Å². The van der Waals surface area contributed by atoms with Gasteiger partial charge in [0.25, 0.3) is 0 Å². The molecule has 3 aromatic rings. The zero-order valence-electron chi connectivity index (χ0n) is 19.9. The summed E-state index contributed by atoms with van der Waals surface area (Å²) in [5.74, 6) is -2.36. The van der Waals surface area contributed by atoms with Crippen LogP contribution >= 0.6 is 23.2 Å². The summed E-state index contributed by atoms with van der Waals surface area (Å²) in [4.78, 5) is 21.3. The molecule has 0 fully saturated rings. The number of aryl methyl sites for hydroxylation is 1. The number of ether oxygens (including phenoxy) is 1. The Morgan fingerprint density at radius 2 is 1.83 bits per heavy atom. The minimum Gasteiger partial charge on any atom is -0.479 e. The van der Waals surface area contributed by atoms with Gasteiger partial charge in [0.1, 0.15) is 17.1 Å². The van der Waals surface area contributed by atoms with E-state index in [1.807, 2.05) is 20.8 Å². The van der Waals surface area contributed by atoms with E-state index in [2.05, 4.69) is 15.4 Å². The molecule has 1 aromatic carbocycles. The highest BCUT2D eigenvalue weighted by Crippen LogP contribution is 2.50. The van der Waals surface area contributed by atoms with Crippen LogP contribution in [0.3, 0.4) is 0 Å².